The predicted octanol–water partition coefficient (Wildman–Crippen LogP) is 2.43. The van der Waals surface area contributed by atoms with Crippen molar-refractivity contribution in [1.82, 2.24) is 5.32 Å². The first kappa shape index (κ1) is 15.5. The number of rotatable bonds is 5. The lowest BCUT2D eigenvalue weighted by Crippen LogP contribution is -2.42. The zero-order valence-corrected chi connectivity index (χ0v) is 12.6. The van der Waals surface area contributed by atoms with Crippen molar-refractivity contribution in [2.75, 3.05) is 18.6 Å². The molecule has 6 heteroatoms. The lowest BCUT2D eigenvalue weighted by atomic mass is 10.1. The molecule has 0 saturated heterocycles. The largest absolute Gasteiger partial charge is 0.387 e. The van der Waals surface area contributed by atoms with Gasteiger partial charge in [-0.3, -0.25) is 4.79 Å². The van der Waals surface area contributed by atoms with Gasteiger partial charge in [0.1, 0.15) is 5.82 Å². The molecule has 0 bridgehead atoms. The molecule has 0 radical (unpaired) electrons. The SMILES string of the molecule is CSC[C@](C)(O)CNC(=O)c1ccc(Br)cc1F. The van der Waals surface area contributed by atoms with Crippen LogP contribution in [0.4, 0.5) is 4.39 Å². The van der Waals surface area contributed by atoms with Crippen LogP contribution in [0, 0.1) is 5.82 Å². The lowest BCUT2D eigenvalue weighted by molar-refractivity contribution is 0.0722. The highest BCUT2D eigenvalue weighted by Gasteiger charge is 2.21. The summed E-state index contributed by atoms with van der Waals surface area (Å²) in [7, 11) is 0. The molecule has 1 rings (SSSR count). The van der Waals surface area contributed by atoms with E-state index in [9.17, 15) is 14.3 Å². The van der Waals surface area contributed by atoms with Gasteiger partial charge in [0.15, 0.2) is 0 Å². The van der Waals surface area contributed by atoms with Crippen molar-refractivity contribution in [2.45, 2.75) is 12.5 Å². The average molecular weight is 336 g/mol. The number of carbonyl (C=O) groups excluding carboxylic acids is 1. The second-order valence-corrected chi connectivity index (χ2v) is 6.02. The Kier molecular flexibility index (Phi) is 5.62. The molecule has 0 saturated carbocycles. The normalized spacial score (nSPS) is 14.1. The van der Waals surface area contributed by atoms with Gasteiger partial charge in [0.2, 0.25) is 0 Å². The van der Waals surface area contributed by atoms with E-state index in [4.69, 9.17) is 0 Å². The summed E-state index contributed by atoms with van der Waals surface area (Å²) in [4.78, 5) is 11.7. The van der Waals surface area contributed by atoms with Crippen molar-refractivity contribution in [1.29, 1.82) is 0 Å². The molecule has 100 valence electrons. The van der Waals surface area contributed by atoms with Crippen LogP contribution in [0.3, 0.4) is 0 Å². The predicted molar refractivity (Wildman–Crippen MR) is 75.4 cm³/mol. The standard InChI is InChI=1S/C12H15BrFNO2S/c1-12(17,7-18-2)6-15-11(16)9-4-3-8(13)5-10(9)14/h3-5,17H,6-7H2,1-2H3,(H,15,16)/t12-/m1/s1. The van der Waals surface area contributed by atoms with Crippen LogP contribution in [0.2, 0.25) is 0 Å². The molecule has 0 fully saturated rings. The van der Waals surface area contributed by atoms with Crippen molar-refractivity contribution in [3.63, 3.8) is 0 Å². The maximum atomic E-state index is 13.5. The molecule has 2 N–H and O–H groups in total. The molecule has 1 aromatic rings. The number of amides is 1. The van der Waals surface area contributed by atoms with Crippen molar-refractivity contribution in [3.8, 4) is 0 Å². The van der Waals surface area contributed by atoms with Gasteiger partial charge in [-0.05, 0) is 31.4 Å². The Hall–Kier alpha value is -0.590. The van der Waals surface area contributed by atoms with Crippen molar-refractivity contribution < 1.29 is 14.3 Å². The van der Waals surface area contributed by atoms with Gasteiger partial charge in [0.05, 0.1) is 11.2 Å². The van der Waals surface area contributed by atoms with E-state index in [2.05, 4.69) is 21.2 Å². The summed E-state index contributed by atoms with van der Waals surface area (Å²) in [6, 6.07) is 4.23. The minimum atomic E-state index is -0.999. The second kappa shape index (κ2) is 6.54. The first-order valence-electron chi connectivity index (χ1n) is 5.30. The van der Waals surface area contributed by atoms with E-state index in [1.54, 1.807) is 13.0 Å². The summed E-state index contributed by atoms with van der Waals surface area (Å²) in [5.41, 5.74) is -1.03. The lowest BCUT2D eigenvalue weighted by Gasteiger charge is -2.22. The summed E-state index contributed by atoms with van der Waals surface area (Å²) in [5, 5.41) is 12.4. The van der Waals surface area contributed by atoms with Gasteiger partial charge >= 0.3 is 0 Å². The fourth-order valence-electron chi connectivity index (χ4n) is 1.40. The Balaban J connectivity index is 2.66. The van der Waals surface area contributed by atoms with Crippen LogP contribution >= 0.6 is 27.7 Å². The molecule has 1 atom stereocenters. The molecular formula is C12H15BrFNO2S. The number of aliphatic hydroxyl groups is 1. The van der Waals surface area contributed by atoms with Crippen LogP contribution in [0.5, 0.6) is 0 Å². The molecule has 0 heterocycles. The van der Waals surface area contributed by atoms with Crippen molar-refractivity contribution in [2.24, 2.45) is 0 Å². The van der Waals surface area contributed by atoms with Crippen LogP contribution in [-0.4, -0.2) is 35.2 Å². The van der Waals surface area contributed by atoms with E-state index in [0.717, 1.165) is 0 Å². The zero-order chi connectivity index (χ0) is 13.8. The van der Waals surface area contributed by atoms with E-state index in [-0.39, 0.29) is 12.1 Å². The third-order valence-electron chi connectivity index (χ3n) is 2.26. The minimum Gasteiger partial charge on any atom is -0.387 e. The fraction of sp³-hybridized carbons (Fsp3) is 0.417. The van der Waals surface area contributed by atoms with E-state index in [0.29, 0.717) is 10.2 Å². The Morgan fingerprint density at radius 1 is 1.61 bits per heavy atom. The Morgan fingerprint density at radius 3 is 2.83 bits per heavy atom. The quantitative estimate of drug-likeness (QED) is 0.868. The number of hydrogen-bond acceptors (Lipinski definition) is 3. The maximum Gasteiger partial charge on any atom is 0.254 e. The highest BCUT2D eigenvalue weighted by molar-refractivity contribution is 9.10. The third-order valence-corrected chi connectivity index (χ3v) is 3.66. The maximum absolute atomic E-state index is 13.5. The van der Waals surface area contributed by atoms with Gasteiger partial charge in [0.25, 0.3) is 5.91 Å². The number of thioether (sulfide) groups is 1. The highest BCUT2D eigenvalue weighted by Crippen LogP contribution is 2.15. The number of halogens is 2. The van der Waals surface area contributed by atoms with E-state index < -0.39 is 17.3 Å². The number of hydrogen-bond donors (Lipinski definition) is 2. The molecule has 1 amide bonds. The van der Waals surface area contributed by atoms with Crippen LogP contribution in [0.25, 0.3) is 0 Å². The molecule has 0 aliphatic rings. The fourth-order valence-corrected chi connectivity index (χ4v) is 2.46. The molecule has 0 aromatic heterocycles. The first-order chi connectivity index (χ1) is 8.35. The zero-order valence-electron chi connectivity index (χ0n) is 10.2. The molecule has 1 aromatic carbocycles. The average Bonchev–Trinajstić information content (AvgIpc) is 2.26. The van der Waals surface area contributed by atoms with E-state index in [1.165, 1.54) is 23.9 Å². The summed E-state index contributed by atoms with van der Waals surface area (Å²) in [6.07, 6.45) is 1.87. The van der Waals surface area contributed by atoms with Gasteiger partial charge < -0.3 is 10.4 Å². The Bertz CT molecular complexity index is 440. The second-order valence-electron chi connectivity index (χ2n) is 4.24. The molecular weight excluding hydrogens is 321 g/mol. The third kappa shape index (κ3) is 4.59. The minimum absolute atomic E-state index is 0.0295. The molecule has 0 aliphatic carbocycles. The Labute approximate surface area is 118 Å². The molecule has 0 spiro atoms. The Morgan fingerprint density at radius 2 is 2.28 bits per heavy atom. The summed E-state index contributed by atoms with van der Waals surface area (Å²) in [5.74, 6) is -0.622. The summed E-state index contributed by atoms with van der Waals surface area (Å²) < 4.78 is 14.1. The first-order valence-corrected chi connectivity index (χ1v) is 7.49. The van der Waals surface area contributed by atoms with E-state index in [1.807, 2.05) is 6.26 Å². The molecule has 18 heavy (non-hydrogen) atoms. The number of benzene rings is 1. The van der Waals surface area contributed by atoms with Gasteiger partial charge in [-0.2, -0.15) is 11.8 Å². The summed E-state index contributed by atoms with van der Waals surface area (Å²) in [6.45, 7) is 1.71. The van der Waals surface area contributed by atoms with Crippen LogP contribution in [0.15, 0.2) is 22.7 Å². The number of nitrogens with one attached hydrogen (secondary N) is 1. The van der Waals surface area contributed by atoms with Gasteiger partial charge in [0, 0.05) is 16.8 Å². The van der Waals surface area contributed by atoms with Crippen molar-refractivity contribution in [3.05, 3.63) is 34.1 Å². The number of carbonyl (C=O) groups is 1. The van der Waals surface area contributed by atoms with Gasteiger partial charge in [-0.25, -0.2) is 4.39 Å². The summed E-state index contributed by atoms with van der Waals surface area (Å²) >= 11 is 4.60. The molecule has 3 nitrogen and oxygen atoms in total. The van der Waals surface area contributed by atoms with Gasteiger partial charge in [-0.1, -0.05) is 15.9 Å². The smallest absolute Gasteiger partial charge is 0.254 e. The van der Waals surface area contributed by atoms with E-state index >= 15 is 0 Å². The van der Waals surface area contributed by atoms with Crippen LogP contribution < -0.4 is 5.32 Å². The topological polar surface area (TPSA) is 49.3 Å². The van der Waals surface area contributed by atoms with Crippen molar-refractivity contribution >= 4 is 33.6 Å². The van der Waals surface area contributed by atoms with Crippen LogP contribution in [-0.2, 0) is 0 Å². The van der Waals surface area contributed by atoms with Crippen LogP contribution in [0.1, 0.15) is 17.3 Å². The highest BCUT2D eigenvalue weighted by atomic mass is 79.9. The van der Waals surface area contributed by atoms with Gasteiger partial charge in [-0.15, -0.1) is 0 Å². The monoisotopic (exact) mass is 335 g/mol. The molecule has 0 unspecified atom stereocenters. The molecule has 0 aliphatic heterocycles.